The van der Waals surface area contributed by atoms with E-state index < -0.39 is 0 Å². The molecule has 4 nitrogen and oxygen atoms in total. The predicted octanol–water partition coefficient (Wildman–Crippen LogP) is 3.89. The SMILES string of the molecule is CC.CCCN(C)C(=O)CC.CN1C(=O)CCc2ccccc21. The van der Waals surface area contributed by atoms with Gasteiger partial charge in [0.25, 0.3) is 0 Å². The average Bonchev–Trinajstić information content (AvgIpc) is 2.60. The van der Waals surface area contributed by atoms with Crippen molar-refractivity contribution in [1.29, 1.82) is 0 Å². The molecule has 2 rings (SSSR count). The van der Waals surface area contributed by atoms with Crippen LogP contribution in [0.3, 0.4) is 0 Å². The van der Waals surface area contributed by atoms with E-state index in [4.69, 9.17) is 0 Å². The Morgan fingerprint density at radius 3 is 2.35 bits per heavy atom. The maximum Gasteiger partial charge on any atom is 0.227 e. The van der Waals surface area contributed by atoms with Crippen LogP contribution in [-0.2, 0) is 16.0 Å². The normalized spacial score (nSPS) is 12.3. The standard InChI is InChI=1S/C10H11NO.C7H15NO.C2H6/c1-11-9-5-3-2-4-8(9)6-7-10(11)12;1-4-6-8(3)7(9)5-2;1-2/h2-5H,6-7H2,1H3;4-6H2,1-3H3;1-2H3. The number of hydrogen-bond donors (Lipinski definition) is 0. The zero-order valence-electron chi connectivity index (χ0n) is 15.6. The number of fused-ring (bicyclic) bond motifs is 1. The average molecular weight is 320 g/mol. The molecule has 0 radical (unpaired) electrons. The van der Waals surface area contributed by atoms with Gasteiger partial charge in [0.1, 0.15) is 0 Å². The third kappa shape index (κ3) is 6.85. The summed E-state index contributed by atoms with van der Waals surface area (Å²) in [6, 6.07) is 8.06. The highest BCUT2D eigenvalue weighted by molar-refractivity contribution is 5.95. The number of nitrogens with zero attached hydrogens (tertiary/aromatic N) is 2. The molecule has 4 heteroatoms. The molecule has 0 saturated heterocycles. The molecule has 1 aromatic rings. The summed E-state index contributed by atoms with van der Waals surface area (Å²) < 4.78 is 0. The predicted molar refractivity (Wildman–Crippen MR) is 97.7 cm³/mol. The molecule has 23 heavy (non-hydrogen) atoms. The van der Waals surface area contributed by atoms with Crippen LogP contribution in [0.5, 0.6) is 0 Å². The maximum absolute atomic E-state index is 11.3. The number of carbonyl (C=O) groups is 2. The number of aryl methyl sites for hydroxylation is 1. The number of amides is 2. The van der Waals surface area contributed by atoms with Gasteiger partial charge in [0, 0.05) is 39.2 Å². The second kappa shape index (κ2) is 11.7. The molecule has 0 aromatic heterocycles. The molecule has 0 aliphatic carbocycles. The summed E-state index contributed by atoms with van der Waals surface area (Å²) >= 11 is 0. The fraction of sp³-hybridized carbons (Fsp3) is 0.579. The van der Waals surface area contributed by atoms with Crippen molar-refractivity contribution in [1.82, 2.24) is 4.90 Å². The lowest BCUT2D eigenvalue weighted by Crippen LogP contribution is -2.30. The summed E-state index contributed by atoms with van der Waals surface area (Å²) in [6.45, 7) is 8.83. The van der Waals surface area contributed by atoms with Crippen LogP contribution < -0.4 is 4.90 Å². The van der Waals surface area contributed by atoms with Crippen LogP contribution in [0.15, 0.2) is 24.3 Å². The summed E-state index contributed by atoms with van der Waals surface area (Å²) in [5.41, 5.74) is 2.34. The van der Waals surface area contributed by atoms with Crippen molar-refractivity contribution in [3.05, 3.63) is 29.8 Å². The number of para-hydroxylation sites is 1. The van der Waals surface area contributed by atoms with E-state index in [1.165, 1.54) is 5.56 Å². The zero-order valence-corrected chi connectivity index (χ0v) is 15.6. The van der Waals surface area contributed by atoms with Gasteiger partial charge in [-0.15, -0.1) is 0 Å². The van der Waals surface area contributed by atoms with E-state index in [2.05, 4.69) is 13.0 Å². The molecule has 0 bridgehead atoms. The lowest BCUT2D eigenvalue weighted by molar-refractivity contribution is -0.129. The van der Waals surface area contributed by atoms with Crippen molar-refractivity contribution < 1.29 is 9.59 Å². The highest BCUT2D eigenvalue weighted by Crippen LogP contribution is 2.25. The quantitative estimate of drug-likeness (QED) is 0.848. The molecule has 0 unspecified atom stereocenters. The molecule has 0 atom stereocenters. The van der Waals surface area contributed by atoms with Crippen molar-refractivity contribution >= 4 is 17.5 Å². The fourth-order valence-corrected chi connectivity index (χ4v) is 2.32. The van der Waals surface area contributed by atoms with Gasteiger partial charge < -0.3 is 9.80 Å². The van der Waals surface area contributed by atoms with Crippen LogP contribution in [-0.4, -0.2) is 37.4 Å². The van der Waals surface area contributed by atoms with E-state index in [0.717, 1.165) is 25.1 Å². The minimum Gasteiger partial charge on any atom is -0.346 e. The molecule has 1 aromatic carbocycles. The van der Waals surface area contributed by atoms with E-state index in [0.29, 0.717) is 12.8 Å². The highest BCUT2D eigenvalue weighted by Gasteiger charge is 2.19. The molecule has 1 heterocycles. The Morgan fingerprint density at radius 2 is 1.78 bits per heavy atom. The maximum atomic E-state index is 11.3. The van der Waals surface area contributed by atoms with Gasteiger partial charge in [0.2, 0.25) is 11.8 Å². The Kier molecular flexibility index (Phi) is 10.8. The van der Waals surface area contributed by atoms with Crippen LogP contribution >= 0.6 is 0 Å². The first kappa shape index (κ1) is 21.2. The van der Waals surface area contributed by atoms with E-state index in [1.807, 2.05) is 53.1 Å². The van der Waals surface area contributed by atoms with Crippen LogP contribution in [0.1, 0.15) is 52.5 Å². The second-order valence-electron chi connectivity index (χ2n) is 5.25. The van der Waals surface area contributed by atoms with Crippen molar-refractivity contribution in [2.45, 2.75) is 53.4 Å². The van der Waals surface area contributed by atoms with Crippen LogP contribution in [0.4, 0.5) is 5.69 Å². The Bertz CT molecular complexity index is 486. The van der Waals surface area contributed by atoms with Gasteiger partial charge in [-0.25, -0.2) is 0 Å². The van der Waals surface area contributed by atoms with E-state index in [9.17, 15) is 9.59 Å². The number of rotatable bonds is 3. The molecule has 0 N–H and O–H groups in total. The minimum atomic E-state index is 0.216. The molecule has 130 valence electrons. The smallest absolute Gasteiger partial charge is 0.227 e. The summed E-state index contributed by atoms with van der Waals surface area (Å²) in [5.74, 6) is 0.450. The monoisotopic (exact) mass is 320 g/mol. The van der Waals surface area contributed by atoms with E-state index in [-0.39, 0.29) is 11.8 Å². The number of hydrogen-bond acceptors (Lipinski definition) is 2. The molecule has 2 amide bonds. The van der Waals surface area contributed by atoms with Gasteiger partial charge in [-0.05, 0) is 24.5 Å². The first-order valence-corrected chi connectivity index (χ1v) is 8.59. The van der Waals surface area contributed by atoms with Gasteiger partial charge in [0.15, 0.2) is 0 Å². The first-order chi connectivity index (χ1) is 11.0. The summed E-state index contributed by atoms with van der Waals surface area (Å²) in [5, 5.41) is 0. The second-order valence-corrected chi connectivity index (χ2v) is 5.25. The van der Waals surface area contributed by atoms with E-state index in [1.54, 1.807) is 9.80 Å². The molecule has 0 spiro atoms. The number of benzene rings is 1. The van der Waals surface area contributed by atoms with Gasteiger partial charge in [0.05, 0.1) is 0 Å². The van der Waals surface area contributed by atoms with Gasteiger partial charge >= 0.3 is 0 Å². The Morgan fingerprint density at radius 1 is 1.17 bits per heavy atom. The van der Waals surface area contributed by atoms with Gasteiger partial charge in [-0.2, -0.15) is 0 Å². The molecule has 0 fully saturated rings. The van der Waals surface area contributed by atoms with Crippen LogP contribution in [0.2, 0.25) is 0 Å². The molecular weight excluding hydrogens is 288 g/mol. The Labute approximate surface area is 141 Å². The molecule has 1 aliphatic heterocycles. The van der Waals surface area contributed by atoms with Crippen molar-refractivity contribution in [2.24, 2.45) is 0 Å². The van der Waals surface area contributed by atoms with Crippen molar-refractivity contribution in [3.8, 4) is 0 Å². The first-order valence-electron chi connectivity index (χ1n) is 8.59. The molecule has 0 saturated carbocycles. The summed E-state index contributed by atoms with van der Waals surface area (Å²) in [7, 11) is 3.68. The third-order valence-electron chi connectivity index (χ3n) is 3.62. The third-order valence-corrected chi connectivity index (χ3v) is 3.62. The van der Waals surface area contributed by atoms with Crippen LogP contribution in [0.25, 0.3) is 0 Å². The highest BCUT2D eigenvalue weighted by atomic mass is 16.2. The Balaban J connectivity index is 0.000000396. The van der Waals surface area contributed by atoms with E-state index >= 15 is 0 Å². The van der Waals surface area contributed by atoms with Crippen LogP contribution in [0, 0.1) is 0 Å². The van der Waals surface area contributed by atoms with Crippen molar-refractivity contribution in [3.63, 3.8) is 0 Å². The molecular formula is C19H32N2O2. The number of carbonyl (C=O) groups excluding carboxylic acids is 2. The fourth-order valence-electron chi connectivity index (χ4n) is 2.32. The summed E-state index contributed by atoms with van der Waals surface area (Å²) in [4.78, 5) is 25.6. The molecule has 1 aliphatic rings. The zero-order chi connectivity index (χ0) is 17.8. The largest absolute Gasteiger partial charge is 0.346 e. The lowest BCUT2D eigenvalue weighted by atomic mass is 10.0. The minimum absolute atomic E-state index is 0.216. The number of anilines is 1. The summed E-state index contributed by atoms with van der Waals surface area (Å²) in [6.07, 6.45) is 3.20. The lowest BCUT2D eigenvalue weighted by Gasteiger charge is -2.25. The Hall–Kier alpha value is -1.84. The van der Waals surface area contributed by atoms with Gasteiger partial charge in [-0.3, -0.25) is 9.59 Å². The van der Waals surface area contributed by atoms with Crippen molar-refractivity contribution in [2.75, 3.05) is 25.5 Å². The van der Waals surface area contributed by atoms with Gasteiger partial charge in [-0.1, -0.05) is 45.9 Å². The topological polar surface area (TPSA) is 40.6 Å².